The maximum atomic E-state index is 12.9. The summed E-state index contributed by atoms with van der Waals surface area (Å²) >= 11 is 0. The number of aromatic amines is 1. The molecule has 0 bridgehead atoms. The van der Waals surface area contributed by atoms with E-state index >= 15 is 0 Å². The largest absolute Gasteiger partial charge is 0.481 e. The number of hydrogen-bond donors (Lipinski definition) is 7. The van der Waals surface area contributed by atoms with Gasteiger partial charge in [0, 0.05) is 24.7 Å². The Morgan fingerprint density at radius 3 is 2.03 bits per heavy atom. The summed E-state index contributed by atoms with van der Waals surface area (Å²) < 4.78 is 0. The number of amides is 3. The first-order chi connectivity index (χ1) is 15.4. The number of nitrogens with zero attached hydrogens (tertiary/aromatic N) is 1. The van der Waals surface area contributed by atoms with Crippen LogP contribution >= 0.6 is 0 Å². The number of nitrogens with one attached hydrogen (secondary N) is 4. The van der Waals surface area contributed by atoms with Crippen molar-refractivity contribution in [2.75, 3.05) is 0 Å². The van der Waals surface area contributed by atoms with Crippen LogP contribution in [0.2, 0.25) is 0 Å². The number of aromatic nitrogens is 2. The second-order valence-electron chi connectivity index (χ2n) is 8.15. The first kappa shape index (κ1) is 27.6. The van der Waals surface area contributed by atoms with Crippen molar-refractivity contribution in [3.8, 4) is 0 Å². The van der Waals surface area contributed by atoms with E-state index in [4.69, 9.17) is 10.8 Å². The molecule has 0 aromatic carbocycles. The third kappa shape index (κ3) is 10.1. The van der Waals surface area contributed by atoms with E-state index in [2.05, 4.69) is 25.9 Å². The highest BCUT2D eigenvalue weighted by Gasteiger charge is 2.30. The molecule has 1 heterocycles. The van der Waals surface area contributed by atoms with Gasteiger partial charge in [0.05, 0.1) is 12.4 Å². The van der Waals surface area contributed by atoms with Crippen molar-refractivity contribution in [2.45, 2.75) is 70.6 Å². The van der Waals surface area contributed by atoms with Gasteiger partial charge < -0.3 is 36.9 Å². The molecular weight excluding hydrogens is 436 g/mol. The molecule has 0 aliphatic heterocycles. The molecule has 184 valence electrons. The zero-order valence-electron chi connectivity index (χ0n) is 18.8. The van der Waals surface area contributed by atoms with Crippen LogP contribution in [-0.2, 0) is 30.4 Å². The van der Waals surface area contributed by atoms with Crippen LogP contribution in [-0.4, -0.2) is 74.0 Å². The number of H-pyrrole nitrogens is 1. The van der Waals surface area contributed by atoms with Crippen LogP contribution in [0, 0.1) is 5.92 Å². The normalized spacial score (nSPS) is 14.6. The predicted octanol–water partition coefficient (Wildman–Crippen LogP) is -1.25. The minimum atomic E-state index is -1.27. The van der Waals surface area contributed by atoms with E-state index in [1.165, 1.54) is 19.4 Å². The molecule has 0 saturated heterocycles. The lowest BCUT2D eigenvalue weighted by Crippen LogP contribution is -2.57. The Balaban J connectivity index is 2.97. The van der Waals surface area contributed by atoms with Gasteiger partial charge in [0.1, 0.15) is 18.1 Å². The number of carboxylic acids is 2. The van der Waals surface area contributed by atoms with Gasteiger partial charge in [-0.1, -0.05) is 13.8 Å². The number of carboxylic acid groups (broad SMARTS) is 2. The molecule has 1 rings (SSSR count). The Bertz CT molecular complexity index is 825. The summed E-state index contributed by atoms with van der Waals surface area (Å²) in [6.45, 7) is 5.03. The standard InChI is InChI=1S/C20H32N6O7/c1-10(2)6-14(19(31)26-15(20(32)33)7-12-8-22-9-23-12)25-18(30)13(4-5-16(27)28)24-17(29)11(3)21/h8-11,13-15H,4-7,21H2,1-3H3,(H,22,23)(H,24,29)(H,25,30)(H,26,31)(H,27,28)(H,32,33). The maximum Gasteiger partial charge on any atom is 0.326 e. The molecule has 13 nitrogen and oxygen atoms in total. The Kier molecular flexibility index (Phi) is 11.0. The van der Waals surface area contributed by atoms with Crippen molar-refractivity contribution in [2.24, 2.45) is 11.7 Å². The lowest BCUT2D eigenvalue weighted by atomic mass is 10.0. The summed E-state index contributed by atoms with van der Waals surface area (Å²) in [7, 11) is 0. The Morgan fingerprint density at radius 1 is 0.970 bits per heavy atom. The van der Waals surface area contributed by atoms with E-state index in [1.54, 1.807) is 0 Å². The van der Waals surface area contributed by atoms with Crippen LogP contribution in [0.3, 0.4) is 0 Å². The molecule has 0 saturated carbocycles. The fourth-order valence-electron chi connectivity index (χ4n) is 2.90. The van der Waals surface area contributed by atoms with Gasteiger partial charge in [-0.25, -0.2) is 9.78 Å². The van der Waals surface area contributed by atoms with E-state index < -0.39 is 60.2 Å². The Hall–Kier alpha value is -3.48. The summed E-state index contributed by atoms with van der Waals surface area (Å²) in [6, 6.07) is -4.55. The van der Waals surface area contributed by atoms with Gasteiger partial charge in [-0.2, -0.15) is 0 Å². The van der Waals surface area contributed by atoms with E-state index in [9.17, 15) is 29.1 Å². The van der Waals surface area contributed by atoms with Crippen molar-refractivity contribution in [1.29, 1.82) is 0 Å². The average molecular weight is 469 g/mol. The van der Waals surface area contributed by atoms with Crippen molar-refractivity contribution in [3.05, 3.63) is 18.2 Å². The van der Waals surface area contributed by atoms with E-state index in [1.807, 2.05) is 13.8 Å². The van der Waals surface area contributed by atoms with Crippen LogP contribution in [0.5, 0.6) is 0 Å². The number of nitrogens with two attached hydrogens (primary N) is 1. The molecule has 3 amide bonds. The van der Waals surface area contributed by atoms with Crippen molar-refractivity contribution >= 4 is 29.7 Å². The van der Waals surface area contributed by atoms with Crippen LogP contribution in [0.4, 0.5) is 0 Å². The highest BCUT2D eigenvalue weighted by molar-refractivity contribution is 5.94. The zero-order chi connectivity index (χ0) is 25.1. The fourth-order valence-corrected chi connectivity index (χ4v) is 2.90. The van der Waals surface area contributed by atoms with Crippen LogP contribution in [0.25, 0.3) is 0 Å². The quantitative estimate of drug-likeness (QED) is 0.173. The Labute approximate surface area is 190 Å². The van der Waals surface area contributed by atoms with Crippen molar-refractivity contribution in [1.82, 2.24) is 25.9 Å². The zero-order valence-corrected chi connectivity index (χ0v) is 18.8. The number of carbonyl (C=O) groups excluding carboxylic acids is 3. The third-order valence-electron chi connectivity index (χ3n) is 4.63. The molecule has 1 aromatic heterocycles. The molecule has 4 atom stereocenters. The molecular formula is C20H32N6O7. The minimum absolute atomic E-state index is 0.0465. The lowest BCUT2D eigenvalue weighted by Gasteiger charge is -2.25. The summed E-state index contributed by atoms with van der Waals surface area (Å²) in [6.07, 6.45) is 2.34. The average Bonchev–Trinajstić information content (AvgIpc) is 3.22. The predicted molar refractivity (Wildman–Crippen MR) is 116 cm³/mol. The smallest absolute Gasteiger partial charge is 0.326 e. The van der Waals surface area contributed by atoms with Gasteiger partial charge >= 0.3 is 11.9 Å². The van der Waals surface area contributed by atoms with Crippen molar-refractivity contribution in [3.63, 3.8) is 0 Å². The van der Waals surface area contributed by atoms with Gasteiger partial charge in [-0.3, -0.25) is 19.2 Å². The van der Waals surface area contributed by atoms with Crippen LogP contribution < -0.4 is 21.7 Å². The molecule has 8 N–H and O–H groups in total. The van der Waals surface area contributed by atoms with Crippen LogP contribution in [0.1, 0.15) is 45.7 Å². The van der Waals surface area contributed by atoms with Gasteiger partial charge in [-0.15, -0.1) is 0 Å². The highest BCUT2D eigenvalue weighted by atomic mass is 16.4. The van der Waals surface area contributed by atoms with Crippen molar-refractivity contribution < 1.29 is 34.2 Å². The SMILES string of the molecule is CC(C)CC(NC(=O)C(CCC(=O)O)NC(=O)C(C)N)C(=O)NC(Cc1cnc[nH]1)C(=O)O. The van der Waals surface area contributed by atoms with E-state index in [-0.39, 0.29) is 25.2 Å². The Morgan fingerprint density at radius 2 is 1.55 bits per heavy atom. The van der Waals surface area contributed by atoms with E-state index in [0.29, 0.717) is 5.69 Å². The van der Waals surface area contributed by atoms with Gasteiger partial charge in [0.25, 0.3) is 0 Å². The first-order valence-electron chi connectivity index (χ1n) is 10.5. The molecule has 4 unspecified atom stereocenters. The summed E-state index contributed by atoms with van der Waals surface area (Å²) in [5, 5.41) is 25.7. The molecule has 0 fully saturated rings. The fraction of sp³-hybridized carbons (Fsp3) is 0.600. The molecule has 33 heavy (non-hydrogen) atoms. The van der Waals surface area contributed by atoms with Gasteiger partial charge in [0.15, 0.2) is 0 Å². The molecule has 0 spiro atoms. The summed E-state index contributed by atoms with van der Waals surface area (Å²) in [5.74, 6) is -4.63. The summed E-state index contributed by atoms with van der Waals surface area (Å²) in [5.41, 5.74) is 6.01. The maximum absolute atomic E-state index is 12.9. The number of rotatable bonds is 14. The highest BCUT2D eigenvalue weighted by Crippen LogP contribution is 2.08. The molecule has 0 aliphatic carbocycles. The molecule has 13 heteroatoms. The number of carbonyl (C=O) groups is 5. The number of imidazole rings is 1. The van der Waals surface area contributed by atoms with Gasteiger partial charge in [0.2, 0.25) is 17.7 Å². The van der Waals surface area contributed by atoms with Crippen LogP contribution in [0.15, 0.2) is 12.5 Å². The lowest BCUT2D eigenvalue weighted by molar-refractivity contribution is -0.142. The third-order valence-corrected chi connectivity index (χ3v) is 4.63. The number of aliphatic carboxylic acids is 2. The first-order valence-corrected chi connectivity index (χ1v) is 10.5. The number of hydrogen-bond acceptors (Lipinski definition) is 7. The molecule has 0 radical (unpaired) electrons. The minimum Gasteiger partial charge on any atom is -0.481 e. The molecule has 0 aliphatic rings. The topological polar surface area (TPSA) is 217 Å². The summed E-state index contributed by atoms with van der Waals surface area (Å²) in [4.78, 5) is 66.8. The monoisotopic (exact) mass is 468 g/mol. The second kappa shape index (κ2) is 13.2. The van der Waals surface area contributed by atoms with Gasteiger partial charge in [-0.05, 0) is 25.7 Å². The van der Waals surface area contributed by atoms with E-state index in [0.717, 1.165) is 0 Å². The second-order valence-corrected chi connectivity index (χ2v) is 8.15. The molecule has 1 aromatic rings.